The number of carbonyl (C=O) groups excluding carboxylic acids is 3. The second-order valence-electron chi connectivity index (χ2n) is 5.96. The van der Waals surface area contributed by atoms with Crippen LogP contribution in [0.25, 0.3) is 0 Å². The van der Waals surface area contributed by atoms with Crippen LogP contribution < -0.4 is 15.5 Å². The Bertz CT molecular complexity index is 1040. The average Bonchev–Trinajstić information content (AvgIpc) is 3.25. The predicted molar refractivity (Wildman–Crippen MR) is 111 cm³/mol. The number of anilines is 1. The van der Waals surface area contributed by atoms with Crippen molar-refractivity contribution in [3.05, 3.63) is 82.0 Å². The van der Waals surface area contributed by atoms with Crippen LogP contribution >= 0.6 is 11.3 Å². The zero-order chi connectivity index (χ0) is 20.6. The number of benzene rings is 2. The highest BCUT2D eigenvalue weighted by molar-refractivity contribution is 7.12. The van der Waals surface area contributed by atoms with E-state index in [2.05, 4.69) is 15.8 Å². The van der Waals surface area contributed by atoms with Gasteiger partial charge in [0.25, 0.3) is 0 Å². The molecule has 0 saturated heterocycles. The van der Waals surface area contributed by atoms with Gasteiger partial charge >= 0.3 is 17.8 Å². The minimum absolute atomic E-state index is 0.343. The standard InChI is InChI=1S/C21H17N3O4S/c1-14-7-9-16(10-8-14)23-19(25)20(26)24-22-13-15-4-2-5-17(12-15)28-21(27)18-6-3-11-29-18/h2-13H,1H3,(H,23,25)(H,24,26). The number of hydrogen-bond acceptors (Lipinski definition) is 6. The van der Waals surface area contributed by atoms with E-state index in [0.717, 1.165) is 5.56 Å². The van der Waals surface area contributed by atoms with Crippen molar-refractivity contribution in [2.75, 3.05) is 5.32 Å². The molecule has 146 valence electrons. The number of nitrogens with one attached hydrogen (secondary N) is 2. The summed E-state index contributed by atoms with van der Waals surface area (Å²) in [6, 6.07) is 17.1. The fraction of sp³-hybridized carbons (Fsp3) is 0.0476. The summed E-state index contributed by atoms with van der Waals surface area (Å²) in [5.41, 5.74) is 4.30. The average molecular weight is 407 g/mol. The zero-order valence-electron chi connectivity index (χ0n) is 15.4. The van der Waals surface area contributed by atoms with Gasteiger partial charge in [0.1, 0.15) is 10.6 Å². The lowest BCUT2D eigenvalue weighted by atomic mass is 10.2. The summed E-state index contributed by atoms with van der Waals surface area (Å²) in [7, 11) is 0. The summed E-state index contributed by atoms with van der Waals surface area (Å²) in [5.74, 6) is -1.84. The van der Waals surface area contributed by atoms with Gasteiger partial charge in [-0.2, -0.15) is 5.10 Å². The van der Waals surface area contributed by atoms with Gasteiger partial charge in [-0.1, -0.05) is 35.9 Å². The van der Waals surface area contributed by atoms with Gasteiger partial charge in [0, 0.05) is 5.69 Å². The molecular weight excluding hydrogens is 390 g/mol. The topological polar surface area (TPSA) is 96.9 Å². The molecule has 0 atom stereocenters. The van der Waals surface area contributed by atoms with E-state index in [4.69, 9.17) is 4.74 Å². The molecule has 2 amide bonds. The van der Waals surface area contributed by atoms with Gasteiger partial charge in [-0.25, -0.2) is 10.2 Å². The number of hydrogen-bond donors (Lipinski definition) is 2. The van der Waals surface area contributed by atoms with Crippen LogP contribution in [0.3, 0.4) is 0 Å². The normalized spacial score (nSPS) is 10.5. The van der Waals surface area contributed by atoms with E-state index in [1.807, 2.05) is 19.1 Å². The largest absolute Gasteiger partial charge is 0.422 e. The third-order valence-corrected chi connectivity index (χ3v) is 4.54. The van der Waals surface area contributed by atoms with Gasteiger partial charge in [-0.15, -0.1) is 11.3 Å². The monoisotopic (exact) mass is 407 g/mol. The molecule has 0 aliphatic heterocycles. The number of aryl methyl sites for hydroxylation is 1. The van der Waals surface area contributed by atoms with E-state index in [9.17, 15) is 14.4 Å². The minimum atomic E-state index is -0.901. The summed E-state index contributed by atoms with van der Waals surface area (Å²) < 4.78 is 5.30. The number of rotatable bonds is 5. The highest BCUT2D eigenvalue weighted by Crippen LogP contribution is 2.16. The van der Waals surface area contributed by atoms with Crippen LogP contribution in [0, 0.1) is 6.92 Å². The maximum Gasteiger partial charge on any atom is 0.353 e. The SMILES string of the molecule is Cc1ccc(NC(=O)C(=O)NN=Cc2cccc(OC(=O)c3cccs3)c2)cc1. The summed E-state index contributed by atoms with van der Waals surface area (Å²) in [4.78, 5) is 36.2. The molecule has 0 bridgehead atoms. The van der Waals surface area contributed by atoms with Crippen molar-refractivity contribution < 1.29 is 19.1 Å². The number of thiophene rings is 1. The Morgan fingerprint density at radius 1 is 1.00 bits per heavy atom. The van der Waals surface area contributed by atoms with Gasteiger partial charge in [0.15, 0.2) is 0 Å². The molecule has 0 unspecified atom stereocenters. The van der Waals surface area contributed by atoms with Crippen molar-refractivity contribution >= 4 is 41.0 Å². The van der Waals surface area contributed by atoms with Crippen LogP contribution in [0.4, 0.5) is 5.69 Å². The molecule has 2 N–H and O–H groups in total. The summed E-state index contributed by atoms with van der Waals surface area (Å²) in [6.07, 6.45) is 1.35. The molecule has 0 fully saturated rings. The van der Waals surface area contributed by atoms with Crippen LogP contribution in [-0.2, 0) is 9.59 Å². The van der Waals surface area contributed by atoms with Crippen LogP contribution in [0.2, 0.25) is 0 Å². The lowest BCUT2D eigenvalue weighted by Crippen LogP contribution is -2.32. The first kappa shape index (κ1) is 20.0. The first-order chi connectivity index (χ1) is 14.0. The molecular formula is C21H17N3O4S. The molecule has 0 saturated carbocycles. The van der Waals surface area contributed by atoms with Crippen LogP contribution in [-0.4, -0.2) is 24.0 Å². The fourth-order valence-corrected chi connectivity index (χ4v) is 2.85. The maximum absolute atomic E-state index is 12.0. The van der Waals surface area contributed by atoms with Gasteiger partial charge in [0.2, 0.25) is 0 Å². The third-order valence-electron chi connectivity index (χ3n) is 3.69. The van der Waals surface area contributed by atoms with Crippen molar-refractivity contribution in [3.63, 3.8) is 0 Å². The summed E-state index contributed by atoms with van der Waals surface area (Å²) in [5, 5.41) is 8.03. The third kappa shape index (κ3) is 5.85. The van der Waals surface area contributed by atoms with Crippen molar-refractivity contribution in [2.24, 2.45) is 5.10 Å². The number of esters is 1. The molecule has 0 spiro atoms. The Balaban J connectivity index is 1.54. The molecule has 0 aliphatic rings. The van der Waals surface area contributed by atoms with Gasteiger partial charge in [0.05, 0.1) is 6.21 Å². The number of nitrogens with zero attached hydrogens (tertiary/aromatic N) is 1. The fourth-order valence-electron chi connectivity index (χ4n) is 2.25. The number of hydrazone groups is 1. The quantitative estimate of drug-likeness (QED) is 0.223. The molecule has 8 heteroatoms. The van der Waals surface area contributed by atoms with Crippen molar-refractivity contribution in [1.82, 2.24) is 5.43 Å². The van der Waals surface area contributed by atoms with E-state index in [1.165, 1.54) is 17.6 Å². The Labute approximate surface area is 171 Å². The lowest BCUT2D eigenvalue weighted by Gasteiger charge is -2.04. The number of ether oxygens (including phenoxy) is 1. The highest BCUT2D eigenvalue weighted by Gasteiger charge is 2.13. The molecule has 1 heterocycles. The molecule has 2 aromatic carbocycles. The Morgan fingerprint density at radius 2 is 1.79 bits per heavy atom. The predicted octanol–water partition coefficient (Wildman–Crippen LogP) is 3.36. The van der Waals surface area contributed by atoms with E-state index in [-0.39, 0.29) is 0 Å². The first-order valence-corrected chi connectivity index (χ1v) is 9.46. The van der Waals surface area contributed by atoms with Gasteiger partial charge < -0.3 is 10.1 Å². The smallest absolute Gasteiger partial charge is 0.353 e. The van der Waals surface area contributed by atoms with E-state index in [0.29, 0.717) is 21.9 Å². The van der Waals surface area contributed by atoms with Crippen LogP contribution in [0.15, 0.2) is 71.1 Å². The summed E-state index contributed by atoms with van der Waals surface area (Å²) >= 11 is 1.29. The minimum Gasteiger partial charge on any atom is -0.422 e. The molecule has 0 radical (unpaired) electrons. The number of amides is 2. The molecule has 7 nitrogen and oxygen atoms in total. The molecule has 1 aromatic heterocycles. The Kier molecular flexibility index (Phi) is 6.49. The van der Waals surface area contributed by atoms with Crippen LogP contribution in [0.5, 0.6) is 5.75 Å². The van der Waals surface area contributed by atoms with Crippen LogP contribution in [0.1, 0.15) is 20.8 Å². The second-order valence-corrected chi connectivity index (χ2v) is 6.91. The van der Waals surface area contributed by atoms with E-state index < -0.39 is 17.8 Å². The van der Waals surface area contributed by atoms with E-state index in [1.54, 1.807) is 53.9 Å². The molecule has 0 aliphatic carbocycles. The molecule has 3 aromatic rings. The summed E-state index contributed by atoms with van der Waals surface area (Å²) in [6.45, 7) is 1.92. The Morgan fingerprint density at radius 3 is 2.52 bits per heavy atom. The van der Waals surface area contributed by atoms with Crippen molar-refractivity contribution in [2.45, 2.75) is 6.92 Å². The highest BCUT2D eigenvalue weighted by atomic mass is 32.1. The lowest BCUT2D eigenvalue weighted by molar-refractivity contribution is -0.136. The van der Waals surface area contributed by atoms with Gasteiger partial charge in [-0.3, -0.25) is 9.59 Å². The molecule has 3 rings (SSSR count). The van der Waals surface area contributed by atoms with Crippen molar-refractivity contribution in [3.8, 4) is 5.75 Å². The van der Waals surface area contributed by atoms with Gasteiger partial charge in [-0.05, 0) is 48.2 Å². The Hall–Kier alpha value is -3.78. The second kappa shape index (κ2) is 9.43. The number of carbonyl (C=O) groups is 3. The van der Waals surface area contributed by atoms with E-state index >= 15 is 0 Å². The molecule has 29 heavy (non-hydrogen) atoms. The first-order valence-electron chi connectivity index (χ1n) is 8.58. The van der Waals surface area contributed by atoms with Crippen molar-refractivity contribution in [1.29, 1.82) is 0 Å². The maximum atomic E-state index is 12.0. The zero-order valence-corrected chi connectivity index (χ0v) is 16.2.